The lowest BCUT2D eigenvalue weighted by Gasteiger charge is -2.33. The van der Waals surface area contributed by atoms with Crippen molar-refractivity contribution in [1.29, 1.82) is 0 Å². The van der Waals surface area contributed by atoms with Crippen LogP contribution >= 0.6 is 0 Å². The number of amides is 1. The van der Waals surface area contributed by atoms with Crippen LogP contribution in [0.1, 0.15) is 36.2 Å². The number of methoxy groups -OCH3 is 1. The molecule has 0 saturated carbocycles. The summed E-state index contributed by atoms with van der Waals surface area (Å²) >= 11 is 0. The zero-order valence-electron chi connectivity index (χ0n) is 15.6. The maximum atomic E-state index is 12.9. The van der Waals surface area contributed by atoms with Gasteiger partial charge in [-0.1, -0.05) is 18.2 Å². The Balaban J connectivity index is 1.83. The van der Waals surface area contributed by atoms with Crippen molar-refractivity contribution in [2.75, 3.05) is 13.7 Å². The molecular weight excluding hydrogens is 330 g/mol. The van der Waals surface area contributed by atoms with Crippen LogP contribution in [0.4, 0.5) is 0 Å². The molecule has 138 valence electrons. The van der Waals surface area contributed by atoms with Gasteiger partial charge in [-0.2, -0.15) is 5.10 Å². The third kappa shape index (κ3) is 3.49. The second-order valence-electron chi connectivity index (χ2n) is 6.70. The number of aromatic nitrogens is 2. The fourth-order valence-corrected chi connectivity index (χ4v) is 3.62. The molecule has 1 amide bonds. The van der Waals surface area contributed by atoms with E-state index >= 15 is 0 Å². The molecule has 1 atom stereocenters. The summed E-state index contributed by atoms with van der Waals surface area (Å²) in [5.41, 5.74) is 3.69. The molecule has 1 unspecified atom stereocenters. The van der Waals surface area contributed by atoms with Gasteiger partial charge < -0.3 is 9.64 Å². The molecule has 2 aromatic rings. The van der Waals surface area contributed by atoms with Gasteiger partial charge >= 0.3 is 5.97 Å². The Morgan fingerprint density at radius 3 is 2.62 bits per heavy atom. The quantitative estimate of drug-likeness (QED) is 0.791. The van der Waals surface area contributed by atoms with Crippen molar-refractivity contribution in [3.05, 3.63) is 47.3 Å². The number of hydrogen-bond donors (Lipinski definition) is 0. The van der Waals surface area contributed by atoms with Crippen LogP contribution in [0.5, 0.6) is 0 Å². The Bertz CT molecular complexity index is 798. The Kier molecular flexibility index (Phi) is 5.40. The largest absolute Gasteiger partial charge is 0.467 e. The number of rotatable bonds is 4. The molecule has 2 heterocycles. The Morgan fingerprint density at radius 1 is 1.19 bits per heavy atom. The lowest BCUT2D eigenvalue weighted by Crippen LogP contribution is -2.49. The van der Waals surface area contributed by atoms with Crippen LogP contribution in [0.2, 0.25) is 0 Å². The molecular formula is C20H25N3O3. The van der Waals surface area contributed by atoms with Crippen LogP contribution < -0.4 is 0 Å². The molecule has 0 aliphatic carbocycles. The first-order chi connectivity index (χ1) is 12.5. The smallest absolute Gasteiger partial charge is 0.328 e. The van der Waals surface area contributed by atoms with Crippen molar-refractivity contribution < 1.29 is 14.3 Å². The number of carbonyl (C=O) groups is 2. The van der Waals surface area contributed by atoms with E-state index in [0.29, 0.717) is 13.0 Å². The number of nitrogens with zero attached hydrogens (tertiary/aromatic N) is 3. The molecule has 1 saturated heterocycles. The molecule has 1 fully saturated rings. The lowest BCUT2D eigenvalue weighted by molar-refractivity contribution is -0.154. The first-order valence-corrected chi connectivity index (χ1v) is 9.00. The number of esters is 1. The van der Waals surface area contributed by atoms with Gasteiger partial charge in [-0.3, -0.25) is 4.79 Å². The third-order valence-electron chi connectivity index (χ3n) is 5.07. The maximum absolute atomic E-state index is 12.9. The maximum Gasteiger partial charge on any atom is 0.328 e. The normalized spacial score (nSPS) is 17.2. The number of ether oxygens (including phenoxy) is 1. The number of piperidine rings is 1. The minimum absolute atomic E-state index is 0.0427. The van der Waals surface area contributed by atoms with E-state index < -0.39 is 6.04 Å². The molecule has 6 nitrogen and oxygen atoms in total. The van der Waals surface area contributed by atoms with Crippen molar-refractivity contribution in [2.45, 2.75) is 45.6 Å². The summed E-state index contributed by atoms with van der Waals surface area (Å²) < 4.78 is 6.75. The molecule has 1 aliphatic rings. The lowest BCUT2D eigenvalue weighted by atomic mass is 10.0. The SMILES string of the molecule is COC(=O)C1CCCCN1C(=O)Cc1c(C)nn(-c2ccccc2)c1C. The van der Waals surface area contributed by atoms with Crippen LogP contribution in [0.25, 0.3) is 5.69 Å². The summed E-state index contributed by atoms with van der Waals surface area (Å²) in [7, 11) is 1.37. The fraction of sp³-hybridized carbons (Fsp3) is 0.450. The van der Waals surface area contributed by atoms with Gasteiger partial charge in [-0.25, -0.2) is 9.48 Å². The molecule has 26 heavy (non-hydrogen) atoms. The predicted molar refractivity (Wildman–Crippen MR) is 98.1 cm³/mol. The van der Waals surface area contributed by atoms with Crippen LogP contribution in [0, 0.1) is 13.8 Å². The minimum atomic E-state index is -0.467. The fourth-order valence-electron chi connectivity index (χ4n) is 3.62. The number of carbonyl (C=O) groups excluding carboxylic acids is 2. The molecule has 6 heteroatoms. The number of benzene rings is 1. The summed E-state index contributed by atoms with van der Waals surface area (Å²) in [4.78, 5) is 26.6. The van der Waals surface area contributed by atoms with Gasteiger partial charge in [0.2, 0.25) is 5.91 Å². The highest BCUT2D eigenvalue weighted by Gasteiger charge is 2.33. The average molecular weight is 355 g/mol. The zero-order valence-corrected chi connectivity index (χ0v) is 15.6. The monoisotopic (exact) mass is 355 g/mol. The molecule has 0 radical (unpaired) electrons. The number of para-hydroxylation sites is 1. The van der Waals surface area contributed by atoms with E-state index in [4.69, 9.17) is 4.74 Å². The van der Waals surface area contributed by atoms with Crippen molar-refractivity contribution in [3.8, 4) is 5.69 Å². The van der Waals surface area contributed by atoms with Gasteiger partial charge in [0.1, 0.15) is 6.04 Å². The molecule has 1 aromatic carbocycles. The van der Waals surface area contributed by atoms with Crippen molar-refractivity contribution >= 4 is 11.9 Å². The van der Waals surface area contributed by atoms with Gasteiger partial charge in [0.15, 0.2) is 0 Å². The predicted octanol–water partition coefficient (Wildman–Crippen LogP) is 2.59. The Morgan fingerprint density at radius 2 is 1.92 bits per heavy atom. The van der Waals surface area contributed by atoms with Gasteiger partial charge in [-0.05, 0) is 45.2 Å². The molecule has 1 aliphatic heterocycles. The van der Waals surface area contributed by atoms with Crippen molar-refractivity contribution in [2.24, 2.45) is 0 Å². The molecule has 0 bridgehead atoms. The topological polar surface area (TPSA) is 64.4 Å². The van der Waals surface area contributed by atoms with Gasteiger partial charge in [-0.15, -0.1) is 0 Å². The minimum Gasteiger partial charge on any atom is -0.467 e. The van der Waals surface area contributed by atoms with Crippen LogP contribution in [0.15, 0.2) is 30.3 Å². The summed E-state index contributed by atoms with van der Waals surface area (Å²) in [5.74, 6) is -0.370. The Hall–Kier alpha value is -2.63. The van der Waals surface area contributed by atoms with Crippen LogP contribution in [-0.2, 0) is 20.7 Å². The standard InChI is InChI=1S/C20H25N3O3/c1-14-17(15(2)23(21-14)16-9-5-4-6-10-16)13-19(24)22-12-8-7-11-18(22)20(25)26-3/h4-6,9-10,18H,7-8,11-13H2,1-3H3. The molecule has 3 rings (SSSR count). The van der Waals surface area contributed by atoms with Crippen molar-refractivity contribution in [3.63, 3.8) is 0 Å². The van der Waals surface area contributed by atoms with E-state index in [1.165, 1.54) is 7.11 Å². The zero-order chi connectivity index (χ0) is 18.7. The van der Waals surface area contributed by atoms with Gasteiger partial charge in [0.05, 0.1) is 24.9 Å². The first-order valence-electron chi connectivity index (χ1n) is 9.00. The average Bonchev–Trinajstić information content (AvgIpc) is 2.96. The highest BCUT2D eigenvalue weighted by atomic mass is 16.5. The van der Waals surface area contributed by atoms with E-state index in [0.717, 1.165) is 35.5 Å². The summed E-state index contributed by atoms with van der Waals surface area (Å²) in [6.45, 7) is 4.50. The van der Waals surface area contributed by atoms with Gasteiger partial charge in [0.25, 0.3) is 0 Å². The van der Waals surface area contributed by atoms with E-state index in [1.807, 2.05) is 48.9 Å². The number of likely N-dealkylation sites (tertiary alicyclic amines) is 1. The van der Waals surface area contributed by atoms with E-state index in [2.05, 4.69) is 5.10 Å². The molecule has 0 spiro atoms. The Labute approximate surface area is 153 Å². The highest BCUT2D eigenvalue weighted by molar-refractivity contribution is 5.86. The second kappa shape index (κ2) is 7.72. The van der Waals surface area contributed by atoms with E-state index in [-0.39, 0.29) is 18.3 Å². The second-order valence-corrected chi connectivity index (χ2v) is 6.70. The van der Waals surface area contributed by atoms with Crippen LogP contribution in [-0.4, -0.2) is 46.3 Å². The summed E-state index contributed by atoms with van der Waals surface area (Å²) in [5, 5.41) is 4.60. The number of aryl methyl sites for hydroxylation is 1. The molecule has 0 N–H and O–H groups in total. The number of hydrogen-bond acceptors (Lipinski definition) is 4. The summed E-state index contributed by atoms with van der Waals surface area (Å²) in [6, 6.07) is 9.40. The van der Waals surface area contributed by atoms with Crippen LogP contribution in [0.3, 0.4) is 0 Å². The first kappa shape index (κ1) is 18.2. The third-order valence-corrected chi connectivity index (χ3v) is 5.07. The van der Waals surface area contributed by atoms with Crippen molar-refractivity contribution in [1.82, 2.24) is 14.7 Å². The van der Waals surface area contributed by atoms with E-state index in [1.54, 1.807) is 4.90 Å². The summed E-state index contributed by atoms with van der Waals surface area (Å²) in [6.07, 6.45) is 2.77. The highest BCUT2D eigenvalue weighted by Crippen LogP contribution is 2.22. The molecule has 1 aromatic heterocycles. The van der Waals surface area contributed by atoms with Gasteiger partial charge in [0, 0.05) is 17.8 Å². The van der Waals surface area contributed by atoms with E-state index in [9.17, 15) is 9.59 Å².